The van der Waals surface area contributed by atoms with Crippen LogP contribution < -0.4 is 10.6 Å². The van der Waals surface area contributed by atoms with Gasteiger partial charge in [0.2, 0.25) is 11.8 Å². The highest BCUT2D eigenvalue weighted by Crippen LogP contribution is 2.30. The minimum Gasteiger partial charge on any atom is -0.481 e. The lowest BCUT2D eigenvalue weighted by Crippen LogP contribution is -2.44. The van der Waals surface area contributed by atoms with Crippen molar-refractivity contribution in [3.63, 3.8) is 0 Å². The fourth-order valence-corrected chi connectivity index (χ4v) is 3.88. The van der Waals surface area contributed by atoms with Crippen molar-refractivity contribution in [2.24, 2.45) is 5.92 Å². The van der Waals surface area contributed by atoms with Gasteiger partial charge in [0.05, 0.1) is 6.42 Å². The van der Waals surface area contributed by atoms with E-state index in [0.717, 1.165) is 25.7 Å². The second-order valence-electron chi connectivity index (χ2n) is 7.87. The number of benzene rings is 1. The van der Waals surface area contributed by atoms with E-state index in [1.54, 1.807) is 18.2 Å². The van der Waals surface area contributed by atoms with Gasteiger partial charge < -0.3 is 14.8 Å². The van der Waals surface area contributed by atoms with E-state index in [1.807, 2.05) is 0 Å². The first-order valence-corrected chi connectivity index (χ1v) is 10.5. The van der Waals surface area contributed by atoms with E-state index in [0.29, 0.717) is 11.3 Å². The number of carboxylic acids is 1. The molecule has 1 atom stereocenters. The van der Waals surface area contributed by atoms with Crippen LogP contribution in [0.5, 0.6) is 0 Å². The van der Waals surface area contributed by atoms with Gasteiger partial charge in [-0.15, -0.1) is 0 Å². The molecule has 1 heterocycles. The van der Waals surface area contributed by atoms with E-state index in [4.69, 9.17) is 9.52 Å². The van der Waals surface area contributed by atoms with E-state index < -0.39 is 35.5 Å². The van der Waals surface area contributed by atoms with Crippen LogP contribution in [0.1, 0.15) is 55.5 Å². The molecule has 0 saturated heterocycles. The van der Waals surface area contributed by atoms with Crippen molar-refractivity contribution < 1.29 is 33.1 Å². The van der Waals surface area contributed by atoms with E-state index in [-0.39, 0.29) is 30.9 Å². The van der Waals surface area contributed by atoms with Gasteiger partial charge in [0, 0.05) is 24.4 Å². The minimum absolute atomic E-state index is 0.0326. The maximum Gasteiger partial charge on any atom is 0.303 e. The molecule has 1 saturated carbocycles. The Bertz CT molecular complexity index is 996. The lowest BCUT2D eigenvalue weighted by Gasteiger charge is -2.23. The summed E-state index contributed by atoms with van der Waals surface area (Å²) in [5, 5.41) is 13.7. The molecule has 0 aliphatic heterocycles. The molecule has 9 heteroatoms. The van der Waals surface area contributed by atoms with Crippen LogP contribution in [-0.2, 0) is 14.4 Å². The zero-order chi connectivity index (χ0) is 23.1. The molecule has 1 fully saturated rings. The average molecular weight is 444 g/mol. The third-order valence-electron chi connectivity index (χ3n) is 5.47. The van der Waals surface area contributed by atoms with Gasteiger partial charge in [-0.2, -0.15) is 0 Å². The average Bonchev–Trinajstić information content (AvgIpc) is 3.44. The highest BCUT2D eigenvalue weighted by molar-refractivity contribution is 5.97. The molecule has 1 unspecified atom stereocenters. The number of amides is 3. The third-order valence-corrected chi connectivity index (χ3v) is 5.47. The summed E-state index contributed by atoms with van der Waals surface area (Å²) in [6.45, 7) is 0. The molecule has 32 heavy (non-hydrogen) atoms. The standard InChI is InChI=1S/C23H25FN2O6/c24-16-7-3-6-15(12-16)18-8-9-19(32-18)23(31)25-17(14-4-1-2-5-14)13-21(28)26-20(27)10-11-22(29)30/h3,6-9,12,14,17H,1-2,4-5,10-11,13H2,(H,25,31)(H,29,30)(H,26,27,28). The number of aliphatic carboxylic acids is 1. The number of carbonyl (C=O) groups is 4. The predicted molar refractivity (Wildman–Crippen MR) is 112 cm³/mol. The number of imide groups is 1. The lowest BCUT2D eigenvalue weighted by atomic mass is 9.94. The van der Waals surface area contributed by atoms with Crippen molar-refractivity contribution in [1.82, 2.24) is 10.6 Å². The van der Waals surface area contributed by atoms with Crippen molar-refractivity contribution in [2.75, 3.05) is 0 Å². The molecule has 0 spiro atoms. The largest absolute Gasteiger partial charge is 0.481 e. The summed E-state index contributed by atoms with van der Waals surface area (Å²) in [5.41, 5.74) is 0.496. The number of nitrogens with one attached hydrogen (secondary N) is 2. The molecule has 1 aliphatic carbocycles. The quantitative estimate of drug-likeness (QED) is 0.545. The summed E-state index contributed by atoms with van der Waals surface area (Å²) in [7, 11) is 0. The van der Waals surface area contributed by atoms with Crippen LogP contribution in [0.4, 0.5) is 4.39 Å². The van der Waals surface area contributed by atoms with Gasteiger partial charge in [0.1, 0.15) is 11.6 Å². The first-order valence-electron chi connectivity index (χ1n) is 10.5. The number of hydrogen-bond donors (Lipinski definition) is 3. The van der Waals surface area contributed by atoms with Gasteiger partial charge in [-0.05, 0) is 43.0 Å². The Balaban J connectivity index is 1.64. The summed E-state index contributed by atoms with van der Waals surface area (Å²) < 4.78 is 19.0. The molecule has 1 aliphatic rings. The lowest BCUT2D eigenvalue weighted by molar-refractivity contribution is -0.140. The fraction of sp³-hybridized carbons (Fsp3) is 0.391. The van der Waals surface area contributed by atoms with Gasteiger partial charge in [0.15, 0.2) is 5.76 Å². The van der Waals surface area contributed by atoms with Crippen LogP contribution in [0.15, 0.2) is 40.8 Å². The Labute approximate surface area is 184 Å². The Morgan fingerprint density at radius 2 is 1.81 bits per heavy atom. The van der Waals surface area contributed by atoms with Gasteiger partial charge in [-0.25, -0.2) is 4.39 Å². The summed E-state index contributed by atoms with van der Waals surface area (Å²) >= 11 is 0. The maximum atomic E-state index is 13.5. The summed E-state index contributed by atoms with van der Waals surface area (Å²) in [4.78, 5) is 47.4. The highest BCUT2D eigenvalue weighted by Gasteiger charge is 2.30. The van der Waals surface area contributed by atoms with Crippen LogP contribution in [0.2, 0.25) is 0 Å². The van der Waals surface area contributed by atoms with Crippen LogP contribution in [-0.4, -0.2) is 34.8 Å². The topological polar surface area (TPSA) is 126 Å². The molecule has 2 aromatic rings. The monoisotopic (exact) mass is 444 g/mol. The summed E-state index contributed by atoms with van der Waals surface area (Å²) in [6.07, 6.45) is 2.90. The third kappa shape index (κ3) is 6.50. The molecule has 3 amide bonds. The van der Waals surface area contributed by atoms with E-state index in [2.05, 4.69) is 10.6 Å². The van der Waals surface area contributed by atoms with E-state index >= 15 is 0 Å². The van der Waals surface area contributed by atoms with Crippen molar-refractivity contribution in [3.8, 4) is 11.3 Å². The van der Waals surface area contributed by atoms with Crippen molar-refractivity contribution in [3.05, 3.63) is 48.0 Å². The number of carboxylic acid groups (broad SMARTS) is 1. The van der Waals surface area contributed by atoms with Gasteiger partial charge in [0.25, 0.3) is 5.91 Å². The molecule has 0 radical (unpaired) electrons. The second-order valence-corrected chi connectivity index (χ2v) is 7.87. The second kappa shape index (κ2) is 10.7. The first kappa shape index (κ1) is 23.2. The van der Waals surface area contributed by atoms with Crippen LogP contribution in [0.25, 0.3) is 11.3 Å². The van der Waals surface area contributed by atoms with E-state index in [1.165, 1.54) is 18.2 Å². The molecule has 0 bridgehead atoms. The van der Waals surface area contributed by atoms with Crippen LogP contribution in [0, 0.1) is 11.7 Å². The molecule has 1 aromatic carbocycles. The molecule has 170 valence electrons. The van der Waals surface area contributed by atoms with Gasteiger partial charge in [-0.1, -0.05) is 25.0 Å². The summed E-state index contributed by atoms with van der Waals surface area (Å²) in [6, 6.07) is 8.37. The molecule has 3 rings (SSSR count). The minimum atomic E-state index is -1.13. The van der Waals surface area contributed by atoms with Gasteiger partial charge >= 0.3 is 5.97 Å². The Hall–Kier alpha value is -3.49. The van der Waals surface area contributed by atoms with Crippen molar-refractivity contribution in [2.45, 2.75) is 51.0 Å². The molecular formula is C23H25FN2O6. The predicted octanol–water partition coefficient (Wildman–Crippen LogP) is 3.27. The molecule has 3 N–H and O–H groups in total. The van der Waals surface area contributed by atoms with Gasteiger partial charge in [-0.3, -0.25) is 24.5 Å². The summed E-state index contributed by atoms with van der Waals surface area (Å²) in [5.74, 6) is -2.84. The normalized spacial score (nSPS) is 14.7. The SMILES string of the molecule is O=C(O)CCC(=O)NC(=O)CC(NC(=O)c1ccc(-c2cccc(F)c2)o1)C1CCCC1. The Morgan fingerprint density at radius 1 is 1.06 bits per heavy atom. The fourth-order valence-electron chi connectivity index (χ4n) is 3.88. The molecular weight excluding hydrogens is 419 g/mol. The zero-order valence-electron chi connectivity index (χ0n) is 17.4. The van der Waals surface area contributed by atoms with Crippen molar-refractivity contribution in [1.29, 1.82) is 0 Å². The Morgan fingerprint density at radius 3 is 2.50 bits per heavy atom. The number of carbonyl (C=O) groups excluding carboxylic acids is 3. The number of halogens is 1. The highest BCUT2D eigenvalue weighted by atomic mass is 19.1. The number of rotatable bonds is 9. The van der Waals surface area contributed by atoms with Crippen LogP contribution >= 0.6 is 0 Å². The van der Waals surface area contributed by atoms with Crippen LogP contribution in [0.3, 0.4) is 0 Å². The number of furan rings is 1. The zero-order valence-corrected chi connectivity index (χ0v) is 17.4. The first-order chi connectivity index (χ1) is 15.3. The Kier molecular flexibility index (Phi) is 7.75. The molecule has 8 nitrogen and oxygen atoms in total. The molecule has 1 aromatic heterocycles. The number of hydrogen-bond acceptors (Lipinski definition) is 5. The maximum absolute atomic E-state index is 13.5. The van der Waals surface area contributed by atoms with E-state index in [9.17, 15) is 23.6 Å². The van der Waals surface area contributed by atoms with Crippen molar-refractivity contribution >= 4 is 23.7 Å². The smallest absolute Gasteiger partial charge is 0.303 e.